The molecule has 1 N–H and O–H groups in total. The molecule has 1 unspecified atom stereocenters. The number of nitrogens with zero attached hydrogens (tertiary/aromatic N) is 1. The smallest absolute Gasteiger partial charge is 0.0794 e. The maximum atomic E-state index is 4.04. The molecule has 4 heteroatoms. The first-order valence-corrected chi connectivity index (χ1v) is 6.55. The number of rotatable bonds is 6. The highest BCUT2D eigenvalue weighted by atomic mass is 32.2. The Labute approximate surface area is 88.2 Å². The van der Waals surface area contributed by atoms with Gasteiger partial charge in [0.2, 0.25) is 0 Å². The molecule has 0 fully saturated rings. The normalized spacial score (nSPS) is 13.1. The summed E-state index contributed by atoms with van der Waals surface area (Å²) in [6.07, 6.45) is 1.93. The third-order valence-corrected chi connectivity index (χ3v) is 3.60. The van der Waals surface area contributed by atoms with Crippen molar-refractivity contribution in [2.24, 2.45) is 0 Å². The molecule has 1 atom stereocenters. The molecule has 0 aromatic carbocycles. The quantitative estimate of drug-likeness (QED) is 0.790. The molecule has 0 bridgehead atoms. The van der Waals surface area contributed by atoms with Gasteiger partial charge in [-0.15, -0.1) is 11.3 Å². The van der Waals surface area contributed by atoms with Gasteiger partial charge >= 0.3 is 0 Å². The Morgan fingerprint density at radius 3 is 3.15 bits per heavy atom. The Morgan fingerprint density at radius 2 is 2.54 bits per heavy atom. The van der Waals surface area contributed by atoms with E-state index in [4.69, 9.17) is 0 Å². The summed E-state index contributed by atoms with van der Waals surface area (Å²) in [6, 6.07) is 0.590. The van der Waals surface area contributed by atoms with E-state index in [1.165, 1.54) is 16.4 Å². The van der Waals surface area contributed by atoms with E-state index in [0.717, 1.165) is 6.54 Å². The van der Waals surface area contributed by atoms with Crippen LogP contribution in [0.25, 0.3) is 0 Å². The van der Waals surface area contributed by atoms with Crippen LogP contribution in [0, 0.1) is 0 Å². The Morgan fingerprint density at radius 1 is 1.69 bits per heavy atom. The molecule has 1 heterocycles. The summed E-state index contributed by atoms with van der Waals surface area (Å²) in [5.74, 6) is 2.39. The van der Waals surface area contributed by atoms with Crippen LogP contribution in [0.15, 0.2) is 11.7 Å². The number of nitrogens with one attached hydrogen (secondary N) is 1. The van der Waals surface area contributed by atoms with Crippen molar-refractivity contribution in [3.63, 3.8) is 0 Å². The van der Waals surface area contributed by atoms with Crippen LogP contribution in [0.4, 0.5) is 0 Å². The van der Waals surface area contributed by atoms with Gasteiger partial charge in [0.05, 0.1) is 5.51 Å². The molecule has 0 saturated heterocycles. The van der Waals surface area contributed by atoms with Gasteiger partial charge in [0.25, 0.3) is 0 Å². The summed E-state index contributed by atoms with van der Waals surface area (Å²) in [5.41, 5.74) is 1.88. The summed E-state index contributed by atoms with van der Waals surface area (Å²) in [5, 5.41) is 3.47. The zero-order valence-electron chi connectivity index (χ0n) is 8.12. The lowest BCUT2D eigenvalue weighted by Crippen LogP contribution is -2.27. The highest BCUT2D eigenvalue weighted by Crippen LogP contribution is 2.06. The largest absolute Gasteiger partial charge is 0.309 e. The number of thiazole rings is 1. The summed E-state index contributed by atoms with van der Waals surface area (Å²) in [6.45, 7) is 5.38. The molecular formula is C9H16N2S2. The molecule has 1 rings (SSSR count). The van der Waals surface area contributed by atoms with Crippen LogP contribution in [0.5, 0.6) is 0 Å². The van der Waals surface area contributed by atoms with E-state index in [1.807, 2.05) is 23.5 Å². The topological polar surface area (TPSA) is 24.9 Å². The van der Waals surface area contributed by atoms with Crippen LogP contribution in [0.1, 0.15) is 18.7 Å². The van der Waals surface area contributed by atoms with Gasteiger partial charge in [0.15, 0.2) is 0 Å². The standard InChI is InChI=1S/C9H16N2S2/c1-3-12-6-8(2)11-5-9-4-10-7-13-9/h4,7-8,11H,3,5-6H2,1-2H3. The monoisotopic (exact) mass is 216 g/mol. The lowest BCUT2D eigenvalue weighted by atomic mass is 10.4. The average Bonchev–Trinajstić information content (AvgIpc) is 2.64. The second-order valence-electron chi connectivity index (χ2n) is 2.91. The van der Waals surface area contributed by atoms with Gasteiger partial charge in [-0.1, -0.05) is 6.92 Å². The zero-order valence-corrected chi connectivity index (χ0v) is 9.75. The molecular weight excluding hydrogens is 200 g/mol. The Balaban J connectivity index is 2.11. The molecule has 74 valence electrons. The van der Waals surface area contributed by atoms with Crippen molar-refractivity contribution in [1.82, 2.24) is 10.3 Å². The summed E-state index contributed by atoms with van der Waals surface area (Å²) in [4.78, 5) is 5.35. The molecule has 0 saturated carbocycles. The summed E-state index contributed by atoms with van der Waals surface area (Å²) in [7, 11) is 0. The molecule has 0 amide bonds. The minimum absolute atomic E-state index is 0.590. The lowest BCUT2D eigenvalue weighted by Gasteiger charge is -2.11. The Kier molecular flexibility index (Phi) is 5.43. The molecule has 0 aliphatic rings. The Bertz CT molecular complexity index is 211. The first-order chi connectivity index (χ1) is 6.33. The Hall–Kier alpha value is -0.0600. The van der Waals surface area contributed by atoms with Gasteiger partial charge in [-0.25, -0.2) is 0 Å². The van der Waals surface area contributed by atoms with E-state index in [2.05, 4.69) is 24.1 Å². The van der Waals surface area contributed by atoms with Crippen LogP contribution in [0.3, 0.4) is 0 Å². The molecule has 0 spiro atoms. The third-order valence-electron chi connectivity index (χ3n) is 1.68. The number of hydrogen-bond acceptors (Lipinski definition) is 4. The molecule has 13 heavy (non-hydrogen) atoms. The van der Waals surface area contributed by atoms with Crippen molar-refractivity contribution in [2.75, 3.05) is 11.5 Å². The minimum atomic E-state index is 0.590. The second kappa shape index (κ2) is 6.40. The van der Waals surface area contributed by atoms with Crippen LogP contribution in [-0.4, -0.2) is 22.5 Å². The molecule has 2 nitrogen and oxygen atoms in total. The van der Waals surface area contributed by atoms with Crippen molar-refractivity contribution in [3.8, 4) is 0 Å². The number of hydrogen-bond donors (Lipinski definition) is 1. The molecule has 1 aromatic rings. The fourth-order valence-corrected chi connectivity index (χ4v) is 2.21. The van der Waals surface area contributed by atoms with E-state index in [-0.39, 0.29) is 0 Å². The van der Waals surface area contributed by atoms with Gasteiger partial charge < -0.3 is 5.32 Å². The molecule has 1 aromatic heterocycles. The number of thioether (sulfide) groups is 1. The van der Waals surface area contributed by atoms with E-state index in [0.29, 0.717) is 6.04 Å². The maximum Gasteiger partial charge on any atom is 0.0794 e. The van der Waals surface area contributed by atoms with E-state index in [1.54, 1.807) is 11.3 Å². The van der Waals surface area contributed by atoms with Crippen molar-refractivity contribution in [1.29, 1.82) is 0 Å². The maximum absolute atomic E-state index is 4.04. The highest BCUT2D eigenvalue weighted by Gasteiger charge is 2.01. The van der Waals surface area contributed by atoms with Gasteiger partial charge in [-0.05, 0) is 12.7 Å². The van der Waals surface area contributed by atoms with Crippen molar-refractivity contribution < 1.29 is 0 Å². The first-order valence-electron chi connectivity index (χ1n) is 4.51. The predicted octanol–water partition coefficient (Wildman–Crippen LogP) is 2.37. The van der Waals surface area contributed by atoms with Crippen LogP contribution < -0.4 is 5.32 Å². The van der Waals surface area contributed by atoms with Gasteiger partial charge in [-0.2, -0.15) is 11.8 Å². The SMILES string of the molecule is CCSCC(C)NCc1cncs1. The van der Waals surface area contributed by atoms with E-state index >= 15 is 0 Å². The van der Waals surface area contributed by atoms with Crippen molar-refractivity contribution in [3.05, 3.63) is 16.6 Å². The van der Waals surface area contributed by atoms with Gasteiger partial charge in [0.1, 0.15) is 0 Å². The average molecular weight is 216 g/mol. The van der Waals surface area contributed by atoms with Crippen LogP contribution in [0.2, 0.25) is 0 Å². The van der Waals surface area contributed by atoms with Crippen LogP contribution in [-0.2, 0) is 6.54 Å². The second-order valence-corrected chi connectivity index (χ2v) is 5.20. The fraction of sp³-hybridized carbons (Fsp3) is 0.667. The lowest BCUT2D eigenvalue weighted by molar-refractivity contribution is 0.600. The van der Waals surface area contributed by atoms with E-state index < -0.39 is 0 Å². The van der Waals surface area contributed by atoms with E-state index in [9.17, 15) is 0 Å². The molecule has 0 aliphatic carbocycles. The first kappa shape index (κ1) is 11.0. The third kappa shape index (κ3) is 4.64. The predicted molar refractivity (Wildman–Crippen MR) is 61.4 cm³/mol. The van der Waals surface area contributed by atoms with Gasteiger partial charge in [-0.3, -0.25) is 4.98 Å². The highest BCUT2D eigenvalue weighted by molar-refractivity contribution is 7.99. The molecule has 0 aliphatic heterocycles. The zero-order chi connectivity index (χ0) is 9.52. The summed E-state index contributed by atoms with van der Waals surface area (Å²) >= 11 is 3.69. The van der Waals surface area contributed by atoms with Gasteiger partial charge in [0, 0.05) is 29.4 Å². The van der Waals surface area contributed by atoms with Crippen molar-refractivity contribution >= 4 is 23.1 Å². The molecule has 0 radical (unpaired) electrons. The van der Waals surface area contributed by atoms with Crippen molar-refractivity contribution in [2.45, 2.75) is 26.4 Å². The minimum Gasteiger partial charge on any atom is -0.309 e. The summed E-state index contributed by atoms with van der Waals surface area (Å²) < 4.78 is 0. The number of aromatic nitrogens is 1. The van der Waals surface area contributed by atoms with Crippen LogP contribution >= 0.6 is 23.1 Å². The fourth-order valence-electron chi connectivity index (χ4n) is 0.958.